The number of methoxy groups -OCH3 is 1. The number of benzene rings is 1. The molecule has 1 rings (SSSR count). The maximum absolute atomic E-state index is 13.4. The Hall–Kier alpha value is -1.66. The van der Waals surface area contributed by atoms with Gasteiger partial charge in [0, 0.05) is 0 Å². The summed E-state index contributed by atoms with van der Waals surface area (Å²) in [5.41, 5.74) is 0.0638. The van der Waals surface area contributed by atoms with E-state index in [0.717, 1.165) is 6.07 Å². The summed E-state index contributed by atoms with van der Waals surface area (Å²) in [5, 5.41) is 19.2. The molecule has 1 aromatic carbocycles. The van der Waals surface area contributed by atoms with Crippen LogP contribution in [-0.4, -0.2) is 36.0 Å². The quantitative estimate of drug-likeness (QED) is 0.764. The van der Waals surface area contributed by atoms with Crippen LogP contribution in [0.5, 0.6) is 5.75 Å². The highest BCUT2D eigenvalue weighted by Gasteiger charge is 2.27. The van der Waals surface area contributed by atoms with Crippen molar-refractivity contribution in [3.05, 3.63) is 29.6 Å². The molecule has 2 N–H and O–H groups in total. The third kappa shape index (κ3) is 3.18. The van der Waals surface area contributed by atoms with Gasteiger partial charge in [0.05, 0.1) is 13.7 Å². The first-order valence-corrected chi connectivity index (χ1v) is 5.37. The van der Waals surface area contributed by atoms with Crippen molar-refractivity contribution in [3.63, 3.8) is 0 Å². The fourth-order valence-corrected chi connectivity index (χ4v) is 1.41. The number of esters is 1. The molecule has 0 aliphatic heterocycles. The first-order valence-electron chi connectivity index (χ1n) is 5.37. The SMILES string of the molecule is CCOC(=O)C(O)C(O)c1ccc(OC)c(F)c1. The van der Waals surface area contributed by atoms with Crippen LogP contribution in [-0.2, 0) is 9.53 Å². The minimum absolute atomic E-state index is 0.0107. The summed E-state index contributed by atoms with van der Waals surface area (Å²) in [5.74, 6) is -1.64. The number of hydrogen-bond donors (Lipinski definition) is 2. The van der Waals surface area contributed by atoms with Crippen molar-refractivity contribution in [2.75, 3.05) is 13.7 Å². The minimum atomic E-state index is -1.75. The Balaban J connectivity index is 2.86. The smallest absolute Gasteiger partial charge is 0.338 e. The fraction of sp³-hybridized carbons (Fsp3) is 0.417. The number of halogens is 1. The predicted octanol–water partition coefficient (Wildman–Crippen LogP) is 0.792. The van der Waals surface area contributed by atoms with Crippen LogP contribution in [0.2, 0.25) is 0 Å². The van der Waals surface area contributed by atoms with Gasteiger partial charge in [-0.1, -0.05) is 6.07 Å². The Morgan fingerprint density at radius 2 is 2.11 bits per heavy atom. The summed E-state index contributed by atoms with van der Waals surface area (Å²) in [6.07, 6.45) is -3.30. The van der Waals surface area contributed by atoms with E-state index in [1.54, 1.807) is 6.92 Å². The van der Waals surface area contributed by atoms with Gasteiger partial charge in [0.15, 0.2) is 17.7 Å². The van der Waals surface area contributed by atoms with Crippen molar-refractivity contribution in [2.24, 2.45) is 0 Å². The van der Waals surface area contributed by atoms with Crippen molar-refractivity contribution < 1.29 is 28.9 Å². The van der Waals surface area contributed by atoms with Gasteiger partial charge in [-0.2, -0.15) is 0 Å². The Labute approximate surface area is 104 Å². The highest BCUT2D eigenvalue weighted by atomic mass is 19.1. The average molecular weight is 258 g/mol. The number of ether oxygens (including phenoxy) is 2. The summed E-state index contributed by atoms with van der Waals surface area (Å²) in [6.45, 7) is 1.66. The van der Waals surface area contributed by atoms with E-state index in [1.807, 2.05) is 0 Å². The van der Waals surface area contributed by atoms with Gasteiger partial charge in [-0.15, -0.1) is 0 Å². The van der Waals surface area contributed by atoms with Crippen LogP contribution in [0.1, 0.15) is 18.6 Å². The monoisotopic (exact) mass is 258 g/mol. The van der Waals surface area contributed by atoms with E-state index in [0.29, 0.717) is 0 Å². The van der Waals surface area contributed by atoms with Gasteiger partial charge < -0.3 is 19.7 Å². The average Bonchev–Trinajstić information content (AvgIpc) is 2.37. The molecule has 0 spiro atoms. The number of hydrogen-bond acceptors (Lipinski definition) is 5. The Morgan fingerprint density at radius 1 is 1.44 bits per heavy atom. The number of aliphatic hydroxyl groups is 2. The molecule has 6 heteroatoms. The van der Waals surface area contributed by atoms with E-state index in [2.05, 4.69) is 4.74 Å². The van der Waals surface area contributed by atoms with E-state index in [-0.39, 0.29) is 17.9 Å². The van der Waals surface area contributed by atoms with Crippen molar-refractivity contribution in [3.8, 4) is 5.75 Å². The van der Waals surface area contributed by atoms with Crippen LogP contribution < -0.4 is 4.74 Å². The van der Waals surface area contributed by atoms with E-state index < -0.39 is 24.0 Å². The number of aliphatic hydroxyl groups excluding tert-OH is 2. The van der Waals surface area contributed by atoms with Gasteiger partial charge in [0.25, 0.3) is 0 Å². The number of carbonyl (C=O) groups is 1. The third-order valence-electron chi connectivity index (χ3n) is 2.34. The lowest BCUT2D eigenvalue weighted by molar-refractivity contribution is -0.159. The molecular weight excluding hydrogens is 243 g/mol. The molecular formula is C12H15FO5. The van der Waals surface area contributed by atoms with E-state index in [9.17, 15) is 19.4 Å². The van der Waals surface area contributed by atoms with Crippen LogP contribution in [0.15, 0.2) is 18.2 Å². The molecule has 0 amide bonds. The zero-order chi connectivity index (χ0) is 13.7. The molecule has 100 valence electrons. The predicted molar refractivity (Wildman–Crippen MR) is 60.6 cm³/mol. The maximum atomic E-state index is 13.4. The lowest BCUT2D eigenvalue weighted by Gasteiger charge is -2.17. The fourth-order valence-electron chi connectivity index (χ4n) is 1.41. The first kappa shape index (κ1) is 14.4. The van der Waals surface area contributed by atoms with Crippen molar-refractivity contribution >= 4 is 5.97 Å². The second-order valence-corrected chi connectivity index (χ2v) is 3.54. The molecule has 5 nitrogen and oxygen atoms in total. The van der Waals surface area contributed by atoms with E-state index in [1.165, 1.54) is 19.2 Å². The molecule has 0 saturated carbocycles. The lowest BCUT2D eigenvalue weighted by Crippen LogP contribution is -2.29. The summed E-state index contributed by atoms with van der Waals surface area (Å²) in [4.78, 5) is 11.2. The van der Waals surface area contributed by atoms with Crippen LogP contribution in [0.3, 0.4) is 0 Å². The van der Waals surface area contributed by atoms with E-state index in [4.69, 9.17) is 4.74 Å². The zero-order valence-electron chi connectivity index (χ0n) is 10.1. The number of carbonyl (C=O) groups excluding carboxylic acids is 1. The summed E-state index contributed by atoms with van der Waals surface area (Å²) < 4.78 is 22.7. The molecule has 0 bridgehead atoms. The van der Waals surface area contributed by atoms with Crippen molar-refractivity contribution in [1.82, 2.24) is 0 Å². The van der Waals surface area contributed by atoms with Gasteiger partial charge in [0.2, 0.25) is 0 Å². The highest BCUT2D eigenvalue weighted by molar-refractivity contribution is 5.75. The summed E-state index contributed by atoms with van der Waals surface area (Å²) >= 11 is 0. The maximum Gasteiger partial charge on any atom is 0.338 e. The molecule has 1 aromatic rings. The second kappa shape index (κ2) is 6.32. The van der Waals surface area contributed by atoms with Crippen LogP contribution in [0.25, 0.3) is 0 Å². The van der Waals surface area contributed by atoms with Crippen LogP contribution >= 0.6 is 0 Å². The lowest BCUT2D eigenvalue weighted by atomic mass is 10.0. The number of rotatable bonds is 5. The van der Waals surface area contributed by atoms with Crippen molar-refractivity contribution in [1.29, 1.82) is 0 Å². The molecule has 2 atom stereocenters. The molecule has 0 heterocycles. The largest absolute Gasteiger partial charge is 0.494 e. The van der Waals surface area contributed by atoms with Crippen molar-refractivity contribution in [2.45, 2.75) is 19.1 Å². The van der Waals surface area contributed by atoms with Gasteiger partial charge in [-0.3, -0.25) is 0 Å². The topological polar surface area (TPSA) is 76.0 Å². The summed E-state index contributed by atoms with van der Waals surface area (Å²) in [7, 11) is 1.31. The van der Waals surface area contributed by atoms with Gasteiger partial charge in [-0.25, -0.2) is 9.18 Å². The Bertz CT molecular complexity index is 421. The third-order valence-corrected chi connectivity index (χ3v) is 2.34. The Kier molecular flexibility index (Phi) is 5.06. The standard InChI is InChI=1S/C12H15FO5/c1-3-18-12(16)11(15)10(14)7-4-5-9(17-2)8(13)6-7/h4-6,10-11,14-15H,3H2,1-2H3. The van der Waals surface area contributed by atoms with Gasteiger partial charge >= 0.3 is 5.97 Å². The molecule has 0 radical (unpaired) electrons. The Morgan fingerprint density at radius 3 is 2.61 bits per heavy atom. The first-order chi connectivity index (χ1) is 8.51. The normalized spacial score (nSPS) is 13.8. The second-order valence-electron chi connectivity index (χ2n) is 3.54. The molecule has 0 aromatic heterocycles. The zero-order valence-corrected chi connectivity index (χ0v) is 10.1. The summed E-state index contributed by atoms with van der Waals surface area (Å²) in [6, 6.07) is 3.65. The highest BCUT2D eigenvalue weighted by Crippen LogP contribution is 2.24. The molecule has 0 aliphatic carbocycles. The molecule has 0 aliphatic rings. The molecule has 0 fully saturated rings. The minimum Gasteiger partial charge on any atom is -0.494 e. The van der Waals surface area contributed by atoms with Gasteiger partial charge in [-0.05, 0) is 24.6 Å². The molecule has 2 unspecified atom stereocenters. The van der Waals surface area contributed by atoms with Gasteiger partial charge in [0.1, 0.15) is 6.10 Å². The molecule has 0 saturated heterocycles. The molecule has 18 heavy (non-hydrogen) atoms. The van der Waals surface area contributed by atoms with Crippen LogP contribution in [0.4, 0.5) is 4.39 Å². The van der Waals surface area contributed by atoms with Crippen LogP contribution in [0, 0.1) is 5.82 Å². The van der Waals surface area contributed by atoms with E-state index >= 15 is 0 Å².